The highest BCUT2D eigenvalue weighted by molar-refractivity contribution is 5.23. The Bertz CT molecular complexity index is 266. The second-order valence-corrected chi connectivity index (χ2v) is 3.54. The van der Waals surface area contributed by atoms with Gasteiger partial charge in [-0.3, -0.25) is 4.98 Å². The van der Waals surface area contributed by atoms with Crippen molar-refractivity contribution in [3.8, 4) is 0 Å². The van der Waals surface area contributed by atoms with Crippen molar-refractivity contribution >= 4 is 0 Å². The molecule has 0 unspecified atom stereocenters. The predicted octanol–water partition coefficient (Wildman–Crippen LogP) is 1.84. The Hall–Kier alpha value is -0.890. The highest BCUT2D eigenvalue weighted by Gasteiger charge is 2.20. The van der Waals surface area contributed by atoms with E-state index in [-0.39, 0.29) is 5.54 Å². The molecular weight excluding hydrogens is 148 g/mol. The van der Waals surface area contributed by atoms with E-state index in [1.165, 1.54) is 5.56 Å². The maximum atomic E-state index is 4.36. The lowest BCUT2D eigenvalue weighted by Crippen LogP contribution is -2.34. The molecule has 0 aliphatic carbocycles. The summed E-state index contributed by atoms with van der Waals surface area (Å²) in [7, 11) is 1.95. The predicted molar refractivity (Wildman–Crippen MR) is 51.1 cm³/mol. The van der Waals surface area contributed by atoms with Crippen molar-refractivity contribution < 1.29 is 0 Å². The molecule has 2 heteroatoms. The SMILES string of the molecule is CNC(C)(C)c1ncccc1C. The summed E-state index contributed by atoms with van der Waals surface area (Å²) in [4.78, 5) is 4.36. The van der Waals surface area contributed by atoms with E-state index >= 15 is 0 Å². The van der Waals surface area contributed by atoms with E-state index < -0.39 is 0 Å². The van der Waals surface area contributed by atoms with Gasteiger partial charge in [0.25, 0.3) is 0 Å². The number of nitrogens with one attached hydrogen (secondary N) is 1. The van der Waals surface area contributed by atoms with Crippen LogP contribution in [-0.4, -0.2) is 12.0 Å². The zero-order valence-corrected chi connectivity index (χ0v) is 8.18. The van der Waals surface area contributed by atoms with Gasteiger partial charge in [0.15, 0.2) is 0 Å². The number of aromatic nitrogens is 1. The third kappa shape index (κ3) is 1.64. The summed E-state index contributed by atoms with van der Waals surface area (Å²) in [5.41, 5.74) is 2.31. The van der Waals surface area contributed by atoms with Crippen LogP contribution in [0.25, 0.3) is 0 Å². The van der Waals surface area contributed by atoms with Crippen LogP contribution in [0.2, 0.25) is 0 Å². The number of rotatable bonds is 2. The van der Waals surface area contributed by atoms with Crippen molar-refractivity contribution in [2.75, 3.05) is 7.05 Å². The number of hydrogen-bond donors (Lipinski definition) is 1. The molecule has 1 aromatic rings. The smallest absolute Gasteiger partial charge is 0.0627 e. The van der Waals surface area contributed by atoms with Crippen LogP contribution in [0.15, 0.2) is 18.3 Å². The lowest BCUT2D eigenvalue weighted by molar-refractivity contribution is 0.429. The van der Waals surface area contributed by atoms with Gasteiger partial charge in [0.2, 0.25) is 0 Å². The second-order valence-electron chi connectivity index (χ2n) is 3.54. The Balaban J connectivity index is 3.10. The third-order valence-corrected chi connectivity index (χ3v) is 2.23. The topological polar surface area (TPSA) is 24.9 Å². The summed E-state index contributed by atoms with van der Waals surface area (Å²) in [6, 6.07) is 4.05. The zero-order valence-electron chi connectivity index (χ0n) is 8.18. The summed E-state index contributed by atoms with van der Waals surface area (Å²) in [6.07, 6.45) is 1.83. The molecule has 2 nitrogen and oxygen atoms in total. The van der Waals surface area contributed by atoms with Gasteiger partial charge in [0.05, 0.1) is 11.2 Å². The van der Waals surface area contributed by atoms with Gasteiger partial charge in [0, 0.05) is 6.20 Å². The van der Waals surface area contributed by atoms with Crippen LogP contribution in [0.3, 0.4) is 0 Å². The molecule has 0 atom stereocenters. The fraction of sp³-hybridized carbons (Fsp3) is 0.500. The molecule has 0 amide bonds. The first-order valence-electron chi connectivity index (χ1n) is 4.19. The van der Waals surface area contributed by atoms with E-state index in [0.29, 0.717) is 0 Å². The monoisotopic (exact) mass is 164 g/mol. The first-order chi connectivity index (χ1) is 5.58. The summed E-state index contributed by atoms with van der Waals surface area (Å²) in [5.74, 6) is 0. The normalized spacial score (nSPS) is 11.7. The molecule has 0 aromatic carbocycles. The summed E-state index contributed by atoms with van der Waals surface area (Å²) in [6.45, 7) is 6.34. The van der Waals surface area contributed by atoms with Crippen LogP contribution < -0.4 is 5.32 Å². The fourth-order valence-electron chi connectivity index (χ4n) is 1.26. The minimum Gasteiger partial charge on any atom is -0.310 e. The van der Waals surface area contributed by atoms with Gasteiger partial charge in [-0.1, -0.05) is 6.07 Å². The van der Waals surface area contributed by atoms with Gasteiger partial charge in [0.1, 0.15) is 0 Å². The first kappa shape index (κ1) is 9.20. The molecule has 12 heavy (non-hydrogen) atoms. The molecule has 0 aliphatic rings. The number of hydrogen-bond acceptors (Lipinski definition) is 2. The maximum Gasteiger partial charge on any atom is 0.0627 e. The van der Waals surface area contributed by atoms with Crippen molar-refractivity contribution in [1.29, 1.82) is 0 Å². The van der Waals surface area contributed by atoms with Crippen LogP contribution in [0, 0.1) is 6.92 Å². The van der Waals surface area contributed by atoms with E-state index in [9.17, 15) is 0 Å². The zero-order chi connectivity index (χ0) is 9.19. The van der Waals surface area contributed by atoms with Gasteiger partial charge in [-0.15, -0.1) is 0 Å². The highest BCUT2D eigenvalue weighted by Crippen LogP contribution is 2.19. The van der Waals surface area contributed by atoms with Gasteiger partial charge in [-0.05, 0) is 39.4 Å². The van der Waals surface area contributed by atoms with Crippen molar-refractivity contribution in [2.45, 2.75) is 26.3 Å². The lowest BCUT2D eigenvalue weighted by Gasteiger charge is -2.24. The quantitative estimate of drug-likeness (QED) is 0.721. The van der Waals surface area contributed by atoms with Crippen molar-refractivity contribution in [2.24, 2.45) is 0 Å². The van der Waals surface area contributed by atoms with Crippen molar-refractivity contribution in [3.63, 3.8) is 0 Å². The van der Waals surface area contributed by atoms with Crippen LogP contribution in [0.1, 0.15) is 25.1 Å². The van der Waals surface area contributed by atoms with Gasteiger partial charge >= 0.3 is 0 Å². The van der Waals surface area contributed by atoms with Gasteiger partial charge in [-0.25, -0.2) is 0 Å². The van der Waals surface area contributed by atoms with Crippen LogP contribution in [-0.2, 0) is 5.54 Å². The molecule has 1 N–H and O–H groups in total. The summed E-state index contributed by atoms with van der Waals surface area (Å²) in [5, 5.41) is 3.24. The average molecular weight is 164 g/mol. The standard InChI is InChI=1S/C10H16N2/c1-8-6-5-7-12-9(8)10(2,3)11-4/h5-7,11H,1-4H3. The van der Waals surface area contributed by atoms with E-state index in [4.69, 9.17) is 0 Å². The average Bonchev–Trinajstić information content (AvgIpc) is 2.05. The highest BCUT2D eigenvalue weighted by atomic mass is 15.0. The molecule has 0 saturated carbocycles. The van der Waals surface area contributed by atoms with Crippen molar-refractivity contribution in [3.05, 3.63) is 29.6 Å². The first-order valence-corrected chi connectivity index (χ1v) is 4.19. The van der Waals surface area contributed by atoms with Gasteiger partial charge < -0.3 is 5.32 Å². The molecule has 1 aromatic heterocycles. The lowest BCUT2D eigenvalue weighted by atomic mass is 9.96. The van der Waals surface area contributed by atoms with Crippen LogP contribution >= 0.6 is 0 Å². The van der Waals surface area contributed by atoms with E-state index in [1.807, 2.05) is 19.3 Å². The molecule has 66 valence electrons. The van der Waals surface area contributed by atoms with Crippen LogP contribution in [0.5, 0.6) is 0 Å². The number of pyridine rings is 1. The Morgan fingerprint density at radius 2 is 2.08 bits per heavy atom. The molecular formula is C10H16N2. The van der Waals surface area contributed by atoms with Gasteiger partial charge in [-0.2, -0.15) is 0 Å². The maximum absolute atomic E-state index is 4.36. The van der Waals surface area contributed by atoms with E-state index in [1.54, 1.807) is 0 Å². The van der Waals surface area contributed by atoms with E-state index in [0.717, 1.165) is 5.69 Å². The molecule has 0 radical (unpaired) electrons. The Kier molecular flexibility index (Phi) is 2.48. The minimum absolute atomic E-state index is 0.0364. The Morgan fingerprint density at radius 1 is 1.42 bits per heavy atom. The van der Waals surface area contributed by atoms with E-state index in [2.05, 4.69) is 37.1 Å². The Morgan fingerprint density at radius 3 is 2.58 bits per heavy atom. The molecule has 0 fully saturated rings. The minimum atomic E-state index is -0.0364. The molecule has 0 aliphatic heterocycles. The fourth-order valence-corrected chi connectivity index (χ4v) is 1.26. The molecule has 0 saturated heterocycles. The third-order valence-electron chi connectivity index (χ3n) is 2.23. The summed E-state index contributed by atoms with van der Waals surface area (Å²) < 4.78 is 0. The molecule has 0 bridgehead atoms. The second kappa shape index (κ2) is 3.23. The van der Waals surface area contributed by atoms with Crippen LogP contribution in [0.4, 0.5) is 0 Å². The molecule has 1 heterocycles. The number of aryl methyl sites for hydroxylation is 1. The van der Waals surface area contributed by atoms with Crippen molar-refractivity contribution in [1.82, 2.24) is 10.3 Å². The number of nitrogens with zero attached hydrogens (tertiary/aromatic N) is 1. The summed E-state index contributed by atoms with van der Waals surface area (Å²) >= 11 is 0. The molecule has 0 spiro atoms. The molecule has 1 rings (SSSR count). The largest absolute Gasteiger partial charge is 0.310 e. The Labute approximate surface area is 74.0 Å².